The van der Waals surface area contributed by atoms with Crippen molar-refractivity contribution < 1.29 is 9.53 Å². The Morgan fingerprint density at radius 1 is 1.36 bits per heavy atom. The SMILES string of the molecule is Cc1cc(OC(C)C(=O)N2CCc3c(nc[nH]c3=O)C2)cc(C)c1Cl. The van der Waals surface area contributed by atoms with Gasteiger partial charge in [0.25, 0.3) is 11.5 Å². The third kappa shape index (κ3) is 3.54. The van der Waals surface area contributed by atoms with Crippen LogP contribution in [0.15, 0.2) is 23.3 Å². The standard InChI is InChI=1S/C18H20ClN3O3/c1-10-6-13(7-11(2)16(10)19)25-12(3)18(24)22-5-4-14-15(8-22)20-9-21-17(14)23/h6-7,9,12H,4-5,8H2,1-3H3,(H,20,21,23). The van der Waals surface area contributed by atoms with Crippen LogP contribution in [0.2, 0.25) is 5.02 Å². The van der Waals surface area contributed by atoms with Crippen molar-refractivity contribution in [2.75, 3.05) is 6.54 Å². The highest BCUT2D eigenvalue weighted by Gasteiger charge is 2.27. The van der Waals surface area contributed by atoms with E-state index >= 15 is 0 Å². The lowest BCUT2D eigenvalue weighted by molar-refractivity contribution is -0.139. The van der Waals surface area contributed by atoms with E-state index in [2.05, 4.69) is 9.97 Å². The van der Waals surface area contributed by atoms with Crippen LogP contribution < -0.4 is 10.3 Å². The lowest BCUT2D eigenvalue weighted by Gasteiger charge is -2.29. The summed E-state index contributed by atoms with van der Waals surface area (Å²) < 4.78 is 5.82. The zero-order valence-electron chi connectivity index (χ0n) is 14.4. The smallest absolute Gasteiger partial charge is 0.263 e. The minimum absolute atomic E-state index is 0.127. The van der Waals surface area contributed by atoms with E-state index < -0.39 is 6.10 Å². The highest BCUT2D eigenvalue weighted by molar-refractivity contribution is 6.32. The van der Waals surface area contributed by atoms with Gasteiger partial charge in [-0.25, -0.2) is 4.98 Å². The monoisotopic (exact) mass is 361 g/mol. The first-order chi connectivity index (χ1) is 11.9. The summed E-state index contributed by atoms with van der Waals surface area (Å²) in [7, 11) is 0. The summed E-state index contributed by atoms with van der Waals surface area (Å²) in [6, 6.07) is 3.65. The lowest BCUT2D eigenvalue weighted by Crippen LogP contribution is -2.44. The van der Waals surface area contributed by atoms with Crippen molar-refractivity contribution in [1.29, 1.82) is 0 Å². The third-order valence-electron chi connectivity index (χ3n) is 4.39. The Bertz CT molecular complexity index is 855. The van der Waals surface area contributed by atoms with Crippen molar-refractivity contribution >= 4 is 17.5 Å². The van der Waals surface area contributed by atoms with Crippen molar-refractivity contribution in [3.05, 3.63) is 56.2 Å². The minimum Gasteiger partial charge on any atom is -0.481 e. The molecule has 0 fully saturated rings. The molecule has 1 N–H and O–H groups in total. The van der Waals surface area contributed by atoms with Crippen LogP contribution in [0.1, 0.15) is 29.3 Å². The highest BCUT2D eigenvalue weighted by Crippen LogP contribution is 2.27. The van der Waals surface area contributed by atoms with E-state index in [9.17, 15) is 9.59 Å². The number of aromatic nitrogens is 2. The molecule has 0 saturated heterocycles. The maximum atomic E-state index is 12.7. The van der Waals surface area contributed by atoms with Gasteiger partial charge in [-0.2, -0.15) is 0 Å². The number of aryl methyl sites for hydroxylation is 2. The Hall–Kier alpha value is -2.34. The maximum absolute atomic E-state index is 12.7. The van der Waals surface area contributed by atoms with E-state index in [1.54, 1.807) is 11.8 Å². The van der Waals surface area contributed by atoms with E-state index in [-0.39, 0.29) is 11.5 Å². The van der Waals surface area contributed by atoms with Crippen molar-refractivity contribution in [3.63, 3.8) is 0 Å². The van der Waals surface area contributed by atoms with Gasteiger partial charge >= 0.3 is 0 Å². The molecule has 0 spiro atoms. The molecule has 7 heteroatoms. The summed E-state index contributed by atoms with van der Waals surface area (Å²) in [4.78, 5) is 32.9. The zero-order chi connectivity index (χ0) is 18.1. The highest BCUT2D eigenvalue weighted by atomic mass is 35.5. The van der Waals surface area contributed by atoms with Crippen LogP contribution in [-0.4, -0.2) is 33.4 Å². The Balaban J connectivity index is 1.72. The Labute approximate surface area is 150 Å². The number of fused-ring (bicyclic) bond motifs is 1. The molecule has 1 atom stereocenters. The van der Waals surface area contributed by atoms with Gasteiger partial charge in [-0.1, -0.05) is 11.6 Å². The summed E-state index contributed by atoms with van der Waals surface area (Å²) in [6.07, 6.45) is 1.23. The fraction of sp³-hybridized carbons (Fsp3) is 0.389. The summed E-state index contributed by atoms with van der Waals surface area (Å²) in [5.41, 5.74) is 2.99. The quantitative estimate of drug-likeness (QED) is 0.910. The van der Waals surface area contributed by atoms with Gasteiger partial charge in [0.05, 0.1) is 18.6 Å². The average molecular weight is 362 g/mol. The van der Waals surface area contributed by atoms with Crippen LogP contribution >= 0.6 is 11.6 Å². The van der Waals surface area contributed by atoms with Gasteiger partial charge in [0, 0.05) is 17.1 Å². The van der Waals surface area contributed by atoms with E-state index in [0.29, 0.717) is 41.5 Å². The van der Waals surface area contributed by atoms with Gasteiger partial charge < -0.3 is 14.6 Å². The van der Waals surface area contributed by atoms with E-state index in [0.717, 1.165) is 11.1 Å². The van der Waals surface area contributed by atoms with Crippen molar-refractivity contribution in [2.45, 2.75) is 39.8 Å². The number of H-pyrrole nitrogens is 1. The van der Waals surface area contributed by atoms with Crippen LogP contribution in [0.25, 0.3) is 0 Å². The number of carbonyl (C=O) groups excluding carboxylic acids is 1. The number of nitrogens with one attached hydrogen (secondary N) is 1. The molecule has 25 heavy (non-hydrogen) atoms. The van der Waals surface area contributed by atoms with Gasteiger partial charge in [0.1, 0.15) is 5.75 Å². The molecule has 1 amide bonds. The molecule has 1 aliphatic rings. The van der Waals surface area contributed by atoms with Crippen molar-refractivity contribution in [3.8, 4) is 5.75 Å². The topological polar surface area (TPSA) is 75.3 Å². The van der Waals surface area contributed by atoms with Crippen LogP contribution in [-0.2, 0) is 17.8 Å². The molecule has 1 aromatic carbocycles. The summed E-state index contributed by atoms with van der Waals surface area (Å²) in [5.74, 6) is 0.491. The number of ether oxygens (including phenoxy) is 1. The van der Waals surface area contributed by atoms with Crippen LogP contribution in [0.3, 0.4) is 0 Å². The molecule has 6 nitrogen and oxygen atoms in total. The van der Waals surface area contributed by atoms with Crippen LogP contribution in [0, 0.1) is 13.8 Å². The molecule has 0 saturated carbocycles. The van der Waals surface area contributed by atoms with E-state index in [1.807, 2.05) is 26.0 Å². The number of nitrogens with zero attached hydrogens (tertiary/aromatic N) is 2. The second-order valence-corrected chi connectivity index (χ2v) is 6.68. The minimum atomic E-state index is -0.636. The summed E-state index contributed by atoms with van der Waals surface area (Å²) in [5, 5.41) is 0.704. The molecular formula is C18H20ClN3O3. The molecule has 0 bridgehead atoms. The molecule has 1 aliphatic heterocycles. The second-order valence-electron chi connectivity index (χ2n) is 6.30. The molecule has 0 aliphatic carbocycles. The van der Waals surface area contributed by atoms with E-state index in [4.69, 9.17) is 16.3 Å². The summed E-state index contributed by atoms with van der Waals surface area (Å²) >= 11 is 6.17. The number of hydrogen-bond donors (Lipinski definition) is 1. The van der Waals surface area contributed by atoms with E-state index in [1.165, 1.54) is 6.33 Å². The first kappa shape index (κ1) is 17.5. The average Bonchev–Trinajstić information content (AvgIpc) is 2.58. The number of hydrogen-bond acceptors (Lipinski definition) is 4. The number of amides is 1. The normalized spacial score (nSPS) is 14.8. The second kappa shape index (κ2) is 6.88. The Morgan fingerprint density at radius 3 is 2.72 bits per heavy atom. The fourth-order valence-electron chi connectivity index (χ4n) is 3.04. The molecule has 2 heterocycles. The molecule has 1 unspecified atom stereocenters. The maximum Gasteiger partial charge on any atom is 0.263 e. The van der Waals surface area contributed by atoms with Crippen LogP contribution in [0.4, 0.5) is 0 Å². The number of aromatic amines is 1. The largest absolute Gasteiger partial charge is 0.481 e. The Morgan fingerprint density at radius 2 is 2.04 bits per heavy atom. The Kier molecular flexibility index (Phi) is 4.81. The van der Waals surface area contributed by atoms with Crippen LogP contribution in [0.5, 0.6) is 5.75 Å². The number of benzene rings is 1. The first-order valence-corrected chi connectivity index (χ1v) is 8.52. The third-order valence-corrected chi connectivity index (χ3v) is 4.99. The van der Waals surface area contributed by atoms with Gasteiger partial charge in [0.15, 0.2) is 6.10 Å². The predicted molar refractivity (Wildman–Crippen MR) is 95.0 cm³/mol. The predicted octanol–water partition coefficient (Wildman–Crippen LogP) is 2.39. The van der Waals surface area contributed by atoms with Gasteiger partial charge in [-0.3, -0.25) is 9.59 Å². The molecule has 1 aromatic heterocycles. The first-order valence-electron chi connectivity index (χ1n) is 8.14. The zero-order valence-corrected chi connectivity index (χ0v) is 15.2. The number of halogens is 1. The number of rotatable bonds is 3. The molecular weight excluding hydrogens is 342 g/mol. The molecule has 3 rings (SSSR count). The van der Waals surface area contributed by atoms with Gasteiger partial charge in [0.2, 0.25) is 0 Å². The summed E-state index contributed by atoms with van der Waals surface area (Å²) in [6.45, 7) is 6.33. The van der Waals surface area contributed by atoms with Gasteiger partial charge in [-0.15, -0.1) is 0 Å². The molecule has 132 valence electrons. The fourth-order valence-corrected chi connectivity index (χ4v) is 3.15. The molecule has 0 radical (unpaired) electrons. The molecule has 2 aromatic rings. The number of carbonyl (C=O) groups is 1. The van der Waals surface area contributed by atoms with Gasteiger partial charge in [-0.05, 0) is 50.5 Å². The van der Waals surface area contributed by atoms with Crippen molar-refractivity contribution in [1.82, 2.24) is 14.9 Å². The van der Waals surface area contributed by atoms with Crippen molar-refractivity contribution in [2.24, 2.45) is 0 Å². The lowest BCUT2D eigenvalue weighted by atomic mass is 10.1.